The first-order chi connectivity index (χ1) is 8.20. The van der Waals surface area contributed by atoms with Crippen LogP contribution >= 0.6 is 22.6 Å². The number of hydrogen-bond acceptors (Lipinski definition) is 2. The molecule has 1 unspecified atom stereocenters. The number of hydrogen-bond donors (Lipinski definition) is 1. The topological polar surface area (TPSA) is 29.9 Å². The van der Waals surface area contributed by atoms with Gasteiger partial charge < -0.3 is 5.32 Å². The molecule has 0 amide bonds. The van der Waals surface area contributed by atoms with Crippen LogP contribution in [0.1, 0.15) is 25.5 Å². The van der Waals surface area contributed by atoms with Crippen LogP contribution in [0.2, 0.25) is 0 Å². The van der Waals surface area contributed by atoms with E-state index in [0.717, 1.165) is 15.8 Å². The van der Waals surface area contributed by atoms with Crippen LogP contribution in [0.5, 0.6) is 0 Å². The maximum Gasteiger partial charge on any atom is 0.0649 e. The zero-order chi connectivity index (χ0) is 12.3. The van der Waals surface area contributed by atoms with E-state index in [2.05, 4.69) is 71.1 Å². The molecule has 0 saturated heterocycles. The lowest BCUT2D eigenvalue weighted by Gasteiger charge is -2.13. The molecule has 1 heterocycles. The Morgan fingerprint density at radius 2 is 2.29 bits per heavy atom. The van der Waals surface area contributed by atoms with Crippen LogP contribution in [-0.2, 0) is 0 Å². The van der Waals surface area contributed by atoms with Crippen LogP contribution in [0.25, 0.3) is 5.69 Å². The molecule has 4 heteroatoms. The van der Waals surface area contributed by atoms with E-state index in [4.69, 9.17) is 0 Å². The number of halogens is 1. The lowest BCUT2D eigenvalue weighted by molar-refractivity contribution is 0.597. The first-order valence-electron chi connectivity index (χ1n) is 5.74. The molecule has 1 aromatic heterocycles. The molecule has 3 nitrogen and oxygen atoms in total. The van der Waals surface area contributed by atoms with Crippen LogP contribution in [0.3, 0.4) is 0 Å². The van der Waals surface area contributed by atoms with Crippen molar-refractivity contribution in [2.75, 3.05) is 6.54 Å². The van der Waals surface area contributed by atoms with Crippen molar-refractivity contribution >= 4 is 22.6 Å². The van der Waals surface area contributed by atoms with Crippen LogP contribution in [0.15, 0.2) is 36.7 Å². The molecule has 0 bridgehead atoms. The molecule has 0 spiro atoms. The van der Waals surface area contributed by atoms with Crippen molar-refractivity contribution in [2.45, 2.75) is 19.9 Å². The van der Waals surface area contributed by atoms with E-state index in [1.54, 1.807) is 0 Å². The summed E-state index contributed by atoms with van der Waals surface area (Å²) in [4.78, 5) is 0. The minimum absolute atomic E-state index is 0.370. The van der Waals surface area contributed by atoms with Gasteiger partial charge in [0.15, 0.2) is 0 Å². The Morgan fingerprint density at radius 3 is 2.94 bits per heavy atom. The van der Waals surface area contributed by atoms with E-state index in [0.29, 0.717) is 6.04 Å². The quantitative estimate of drug-likeness (QED) is 0.866. The van der Waals surface area contributed by atoms with E-state index in [1.165, 1.54) is 5.56 Å². The van der Waals surface area contributed by atoms with Crippen molar-refractivity contribution in [3.05, 3.63) is 45.8 Å². The van der Waals surface area contributed by atoms with Gasteiger partial charge in [-0.3, -0.25) is 0 Å². The summed E-state index contributed by atoms with van der Waals surface area (Å²) in [5, 5.41) is 7.74. The third kappa shape index (κ3) is 3.07. The number of nitrogens with one attached hydrogen (secondary N) is 1. The zero-order valence-electron chi connectivity index (χ0n) is 10.0. The van der Waals surface area contributed by atoms with E-state index < -0.39 is 0 Å². The predicted octanol–water partition coefficient (Wildman–Crippen LogP) is 3.15. The molecular formula is C13H16IN3. The fourth-order valence-electron chi connectivity index (χ4n) is 1.80. The van der Waals surface area contributed by atoms with Crippen molar-refractivity contribution in [3.63, 3.8) is 0 Å². The molecule has 0 saturated carbocycles. The van der Waals surface area contributed by atoms with Crippen LogP contribution in [0, 0.1) is 3.57 Å². The molecule has 17 heavy (non-hydrogen) atoms. The molecule has 0 radical (unpaired) electrons. The molecule has 0 aliphatic rings. The van der Waals surface area contributed by atoms with E-state index in [-0.39, 0.29) is 0 Å². The third-order valence-corrected chi connectivity index (χ3v) is 3.25. The number of rotatable bonds is 4. The number of aromatic nitrogens is 2. The Hall–Kier alpha value is -0.880. The Morgan fingerprint density at radius 1 is 1.47 bits per heavy atom. The van der Waals surface area contributed by atoms with Crippen molar-refractivity contribution in [1.82, 2.24) is 15.1 Å². The van der Waals surface area contributed by atoms with Gasteiger partial charge in [-0.05, 0) is 53.8 Å². The van der Waals surface area contributed by atoms with Gasteiger partial charge in [0.1, 0.15) is 0 Å². The highest BCUT2D eigenvalue weighted by atomic mass is 127. The maximum absolute atomic E-state index is 4.32. The summed E-state index contributed by atoms with van der Waals surface area (Å²) in [5.41, 5.74) is 2.39. The Balaban J connectivity index is 2.28. The maximum atomic E-state index is 4.32. The van der Waals surface area contributed by atoms with Crippen LogP contribution in [-0.4, -0.2) is 16.3 Å². The van der Waals surface area contributed by atoms with Gasteiger partial charge in [-0.2, -0.15) is 5.10 Å². The molecule has 2 aromatic rings. The highest BCUT2D eigenvalue weighted by Crippen LogP contribution is 2.17. The normalized spacial score (nSPS) is 12.6. The van der Waals surface area contributed by atoms with Gasteiger partial charge in [-0.25, -0.2) is 4.68 Å². The summed E-state index contributed by atoms with van der Waals surface area (Å²) in [6.45, 7) is 5.27. The van der Waals surface area contributed by atoms with Gasteiger partial charge >= 0.3 is 0 Å². The largest absolute Gasteiger partial charge is 0.310 e. The fourth-order valence-corrected chi connectivity index (χ4v) is 2.19. The number of nitrogens with zero attached hydrogens (tertiary/aromatic N) is 2. The molecule has 90 valence electrons. The minimum Gasteiger partial charge on any atom is -0.310 e. The van der Waals surface area contributed by atoms with Gasteiger partial charge in [-0.1, -0.05) is 19.1 Å². The van der Waals surface area contributed by atoms with E-state index in [1.807, 2.05) is 17.1 Å². The summed E-state index contributed by atoms with van der Waals surface area (Å²) >= 11 is 2.27. The number of benzene rings is 1. The van der Waals surface area contributed by atoms with Gasteiger partial charge in [0.25, 0.3) is 0 Å². The molecule has 1 atom stereocenters. The van der Waals surface area contributed by atoms with Gasteiger partial charge in [0.2, 0.25) is 0 Å². The average molecular weight is 341 g/mol. The standard InChI is InChI=1S/C13H16IN3/c1-3-15-10(2)11-5-4-6-13(7-11)17-9-12(14)8-16-17/h4-10,15H,3H2,1-2H3. The second-order valence-corrected chi connectivity index (χ2v) is 5.22. The fraction of sp³-hybridized carbons (Fsp3) is 0.308. The summed E-state index contributed by atoms with van der Waals surface area (Å²) < 4.78 is 3.05. The van der Waals surface area contributed by atoms with E-state index >= 15 is 0 Å². The molecule has 0 aliphatic carbocycles. The summed E-state index contributed by atoms with van der Waals surface area (Å²) in [6, 6.07) is 8.84. The molecule has 1 aromatic carbocycles. The van der Waals surface area contributed by atoms with Crippen LogP contribution in [0.4, 0.5) is 0 Å². The summed E-state index contributed by atoms with van der Waals surface area (Å²) in [5.74, 6) is 0. The third-order valence-electron chi connectivity index (χ3n) is 2.70. The van der Waals surface area contributed by atoms with Crippen molar-refractivity contribution in [3.8, 4) is 5.69 Å². The first-order valence-corrected chi connectivity index (χ1v) is 6.82. The van der Waals surface area contributed by atoms with Gasteiger partial charge in [-0.15, -0.1) is 0 Å². The molecular weight excluding hydrogens is 325 g/mol. The summed E-state index contributed by atoms with van der Waals surface area (Å²) in [6.07, 6.45) is 3.89. The average Bonchev–Trinajstić information content (AvgIpc) is 2.76. The van der Waals surface area contributed by atoms with Gasteiger partial charge in [0, 0.05) is 12.2 Å². The molecule has 2 rings (SSSR count). The second kappa shape index (κ2) is 5.64. The second-order valence-electron chi connectivity index (χ2n) is 3.98. The van der Waals surface area contributed by atoms with Crippen molar-refractivity contribution < 1.29 is 0 Å². The SMILES string of the molecule is CCNC(C)c1cccc(-n2cc(I)cn2)c1. The predicted molar refractivity (Wildman–Crippen MR) is 78.4 cm³/mol. The van der Waals surface area contributed by atoms with E-state index in [9.17, 15) is 0 Å². The Bertz CT molecular complexity index is 493. The molecule has 0 fully saturated rings. The smallest absolute Gasteiger partial charge is 0.0649 e. The molecule has 0 aliphatic heterocycles. The zero-order valence-corrected chi connectivity index (χ0v) is 12.2. The van der Waals surface area contributed by atoms with Gasteiger partial charge in [0.05, 0.1) is 15.5 Å². The monoisotopic (exact) mass is 341 g/mol. The Labute approximate surface area is 115 Å². The molecule has 1 N–H and O–H groups in total. The minimum atomic E-state index is 0.370. The lowest BCUT2D eigenvalue weighted by Crippen LogP contribution is -2.17. The highest BCUT2D eigenvalue weighted by molar-refractivity contribution is 14.1. The summed E-state index contributed by atoms with van der Waals surface area (Å²) in [7, 11) is 0. The Kier molecular flexibility index (Phi) is 4.17. The lowest BCUT2D eigenvalue weighted by atomic mass is 10.1. The van der Waals surface area contributed by atoms with Crippen LogP contribution < -0.4 is 5.32 Å². The van der Waals surface area contributed by atoms with Crippen molar-refractivity contribution in [2.24, 2.45) is 0 Å². The van der Waals surface area contributed by atoms with Crippen molar-refractivity contribution in [1.29, 1.82) is 0 Å². The first kappa shape index (κ1) is 12.6. The highest BCUT2D eigenvalue weighted by Gasteiger charge is 2.05.